The van der Waals surface area contributed by atoms with E-state index in [1.807, 2.05) is 50.3 Å². The summed E-state index contributed by atoms with van der Waals surface area (Å²) >= 11 is 0. The molecule has 6 N–H and O–H groups in total. The lowest BCUT2D eigenvalue weighted by molar-refractivity contribution is -0.115. The van der Waals surface area contributed by atoms with Gasteiger partial charge in [-0.2, -0.15) is 8.42 Å². The molecule has 0 saturated carbocycles. The third-order valence-electron chi connectivity index (χ3n) is 7.15. The number of anilines is 2. The number of nitrogens with two attached hydrogens (primary N) is 2. The lowest BCUT2D eigenvalue weighted by atomic mass is 9.83. The van der Waals surface area contributed by atoms with Crippen LogP contribution < -0.4 is 17.1 Å². The zero-order chi connectivity index (χ0) is 32.7. The van der Waals surface area contributed by atoms with Crippen LogP contribution in [0.3, 0.4) is 0 Å². The smallest absolute Gasteiger partial charge is 0.344 e. The summed E-state index contributed by atoms with van der Waals surface area (Å²) in [5, 5.41) is 13.3. The fraction of sp³-hybridized carbons (Fsp3) is 0.143. The standard InChI is InChI=1S/C23H19NO7S.C10H9N.C2H6/c24-19-16(32(28,29)30)12-11-15-21(26)18(23(27)31-22(15)19)17(13-7-3-1-4-8-13)20(25)14-9-5-2-6-10-14;11-10-7-3-5-8-4-1-2-6-9(8)10;1-2/h1,3-5,7-12,17,26H,2,6,24H2,(H,28,29,30);1-7H,11H2;1-2H3. The number of benzene rings is 4. The Hall–Kier alpha value is -5.19. The van der Waals surface area contributed by atoms with Crippen molar-refractivity contribution in [1.29, 1.82) is 0 Å². The normalized spacial score (nSPS) is 13.2. The number of fused-ring (bicyclic) bond motifs is 2. The van der Waals surface area contributed by atoms with Gasteiger partial charge in [-0.15, -0.1) is 0 Å². The molecule has 1 aliphatic rings. The molecule has 9 nitrogen and oxygen atoms in total. The van der Waals surface area contributed by atoms with Crippen molar-refractivity contribution in [1.82, 2.24) is 0 Å². The second kappa shape index (κ2) is 14.1. The molecular weight excluding hydrogens is 592 g/mol. The molecule has 232 valence electrons. The molecule has 0 fully saturated rings. The number of hydrogen-bond donors (Lipinski definition) is 4. The van der Waals surface area contributed by atoms with Crippen LogP contribution in [0.5, 0.6) is 5.75 Å². The summed E-state index contributed by atoms with van der Waals surface area (Å²) in [5.74, 6) is -2.10. The van der Waals surface area contributed by atoms with Gasteiger partial charge in [0.2, 0.25) is 0 Å². The topological polar surface area (TPSA) is 174 Å². The molecule has 1 aromatic heterocycles. The monoisotopic (exact) mass is 626 g/mol. The maximum absolute atomic E-state index is 13.4. The first-order chi connectivity index (χ1) is 21.6. The van der Waals surface area contributed by atoms with Crippen LogP contribution >= 0.6 is 0 Å². The SMILES string of the molecule is CC.Nc1c(S(=O)(=O)O)ccc2c(O)c(C(C(=O)C3=CCCC=C3)c3ccccc3)c(=O)oc12.Nc1cccc2ccccc12. The molecule has 0 saturated heterocycles. The molecule has 1 atom stereocenters. The van der Waals surface area contributed by atoms with E-state index in [9.17, 15) is 27.7 Å². The number of aromatic hydroxyl groups is 1. The molecule has 1 unspecified atom stereocenters. The molecule has 1 heterocycles. The van der Waals surface area contributed by atoms with E-state index < -0.39 is 49.4 Å². The fourth-order valence-corrected chi connectivity index (χ4v) is 5.67. The van der Waals surface area contributed by atoms with E-state index in [2.05, 4.69) is 12.1 Å². The summed E-state index contributed by atoms with van der Waals surface area (Å²) in [7, 11) is -4.69. The average Bonchev–Trinajstić information content (AvgIpc) is 3.05. The first kappa shape index (κ1) is 32.7. The van der Waals surface area contributed by atoms with Crippen molar-refractivity contribution in [3.63, 3.8) is 0 Å². The van der Waals surface area contributed by atoms with E-state index in [1.165, 1.54) is 5.39 Å². The molecule has 4 aromatic carbocycles. The minimum atomic E-state index is -4.69. The summed E-state index contributed by atoms with van der Waals surface area (Å²) in [6.07, 6.45) is 6.78. The Morgan fingerprint density at radius 2 is 1.53 bits per heavy atom. The van der Waals surface area contributed by atoms with Crippen molar-refractivity contribution in [3.05, 3.63) is 130 Å². The fourth-order valence-electron chi connectivity index (χ4n) is 5.05. The van der Waals surface area contributed by atoms with Crippen LogP contribution in [0.2, 0.25) is 0 Å². The van der Waals surface area contributed by atoms with Crippen LogP contribution in [0.15, 0.2) is 123 Å². The van der Waals surface area contributed by atoms with Crippen molar-refractivity contribution < 1.29 is 27.3 Å². The third-order valence-corrected chi connectivity index (χ3v) is 8.06. The van der Waals surface area contributed by atoms with Gasteiger partial charge in [-0.1, -0.05) is 98.8 Å². The van der Waals surface area contributed by atoms with E-state index in [1.54, 1.807) is 42.5 Å². The van der Waals surface area contributed by atoms with E-state index >= 15 is 0 Å². The number of carbonyl (C=O) groups excluding carboxylic acids is 1. The van der Waals surface area contributed by atoms with Gasteiger partial charge >= 0.3 is 5.63 Å². The molecule has 0 spiro atoms. The third kappa shape index (κ3) is 6.98. The van der Waals surface area contributed by atoms with Gasteiger partial charge in [0.1, 0.15) is 10.6 Å². The lowest BCUT2D eigenvalue weighted by Crippen LogP contribution is -2.23. The highest BCUT2D eigenvalue weighted by molar-refractivity contribution is 7.86. The molecule has 10 heteroatoms. The van der Waals surface area contributed by atoms with Crippen molar-refractivity contribution in [2.24, 2.45) is 0 Å². The summed E-state index contributed by atoms with van der Waals surface area (Å²) in [4.78, 5) is 25.8. The van der Waals surface area contributed by atoms with Crippen LogP contribution in [0.1, 0.15) is 43.7 Å². The van der Waals surface area contributed by atoms with Gasteiger partial charge in [-0.05, 0) is 42.0 Å². The number of carbonyl (C=O) groups is 1. The lowest BCUT2D eigenvalue weighted by Gasteiger charge is -2.19. The second-order valence-corrected chi connectivity index (χ2v) is 11.3. The van der Waals surface area contributed by atoms with Crippen LogP contribution in [0.25, 0.3) is 21.7 Å². The molecule has 0 radical (unpaired) electrons. The molecule has 6 rings (SSSR count). The minimum Gasteiger partial charge on any atom is -0.507 e. The largest absolute Gasteiger partial charge is 0.507 e. The molecule has 0 bridgehead atoms. The highest BCUT2D eigenvalue weighted by Gasteiger charge is 2.33. The highest BCUT2D eigenvalue weighted by atomic mass is 32.2. The first-order valence-electron chi connectivity index (χ1n) is 14.3. The predicted octanol–water partition coefficient (Wildman–Crippen LogP) is 6.75. The minimum absolute atomic E-state index is 0.0635. The number of allylic oxidation sites excluding steroid dienone is 4. The van der Waals surface area contributed by atoms with Crippen molar-refractivity contribution in [2.75, 3.05) is 11.5 Å². The van der Waals surface area contributed by atoms with E-state index in [-0.39, 0.29) is 10.9 Å². The highest BCUT2D eigenvalue weighted by Crippen LogP contribution is 2.39. The number of rotatable bonds is 5. The molecule has 0 aliphatic heterocycles. The Morgan fingerprint density at radius 1 is 0.867 bits per heavy atom. The Kier molecular flexibility index (Phi) is 10.2. The Balaban J connectivity index is 0.000000295. The summed E-state index contributed by atoms with van der Waals surface area (Å²) in [6.45, 7) is 4.00. The molecular formula is C35H34N2O7S. The molecule has 45 heavy (non-hydrogen) atoms. The van der Waals surface area contributed by atoms with E-state index in [0.29, 0.717) is 17.6 Å². The van der Waals surface area contributed by atoms with Crippen LogP contribution in [-0.2, 0) is 14.9 Å². The van der Waals surface area contributed by atoms with Crippen molar-refractivity contribution >= 4 is 49.0 Å². The first-order valence-corrected chi connectivity index (χ1v) is 15.8. The number of nitrogen functional groups attached to an aromatic ring is 2. The van der Waals surface area contributed by atoms with E-state index in [0.717, 1.165) is 29.6 Å². The maximum Gasteiger partial charge on any atom is 0.344 e. The van der Waals surface area contributed by atoms with Gasteiger partial charge in [-0.3, -0.25) is 9.35 Å². The Bertz CT molecular complexity index is 2080. The second-order valence-electron chi connectivity index (χ2n) is 9.90. The molecule has 5 aromatic rings. The van der Waals surface area contributed by atoms with Gasteiger partial charge in [0, 0.05) is 16.6 Å². The van der Waals surface area contributed by atoms with Crippen molar-refractivity contribution in [3.8, 4) is 5.75 Å². The Labute approximate surface area is 260 Å². The van der Waals surface area contributed by atoms with Gasteiger partial charge in [0.15, 0.2) is 11.4 Å². The van der Waals surface area contributed by atoms with Crippen LogP contribution in [0.4, 0.5) is 11.4 Å². The summed E-state index contributed by atoms with van der Waals surface area (Å²) in [6, 6.07) is 24.7. The summed E-state index contributed by atoms with van der Waals surface area (Å²) in [5.41, 5.74) is 11.0. The number of ketones is 1. The van der Waals surface area contributed by atoms with Gasteiger partial charge < -0.3 is 21.0 Å². The molecule has 0 amide bonds. The van der Waals surface area contributed by atoms with E-state index in [4.69, 9.17) is 15.9 Å². The zero-order valence-electron chi connectivity index (χ0n) is 24.8. The van der Waals surface area contributed by atoms with Gasteiger partial charge in [0.05, 0.1) is 22.6 Å². The average molecular weight is 627 g/mol. The van der Waals surface area contributed by atoms with Crippen molar-refractivity contribution in [2.45, 2.75) is 37.5 Å². The number of Topliss-reactive ketones (excluding diaryl/α,β-unsaturated/α-hetero) is 1. The quantitative estimate of drug-likeness (QED) is 0.0934. The number of hydrogen-bond acceptors (Lipinski definition) is 8. The molecule has 1 aliphatic carbocycles. The van der Waals surface area contributed by atoms with Crippen LogP contribution in [0, 0.1) is 0 Å². The zero-order valence-corrected chi connectivity index (χ0v) is 25.6. The van der Waals surface area contributed by atoms with Gasteiger partial charge in [-0.25, -0.2) is 4.79 Å². The van der Waals surface area contributed by atoms with Gasteiger partial charge in [0.25, 0.3) is 10.1 Å². The summed E-state index contributed by atoms with van der Waals surface area (Å²) < 4.78 is 37.7. The maximum atomic E-state index is 13.4. The Morgan fingerprint density at radius 3 is 2.18 bits per heavy atom. The predicted molar refractivity (Wildman–Crippen MR) is 178 cm³/mol. The van der Waals surface area contributed by atoms with Crippen LogP contribution in [-0.4, -0.2) is 23.9 Å².